The molecule has 1 amide bonds. The number of piperazine rings is 1. The van der Waals surface area contributed by atoms with Gasteiger partial charge in [-0.3, -0.25) is 9.69 Å². The third kappa shape index (κ3) is 4.30. The van der Waals surface area contributed by atoms with Crippen LogP contribution in [0, 0.1) is 6.92 Å². The number of nitrogens with one attached hydrogen (secondary N) is 1. The maximum Gasteiger partial charge on any atom is 0.251 e. The number of likely N-dealkylation sites (N-methyl/N-ethyl adjacent to an activating group) is 1. The molecule has 0 saturated carbocycles. The van der Waals surface area contributed by atoms with Gasteiger partial charge in [0.05, 0.1) is 0 Å². The zero-order valence-corrected chi connectivity index (χ0v) is 13.7. The van der Waals surface area contributed by atoms with Crippen LogP contribution in [-0.4, -0.2) is 62.0 Å². The summed E-state index contributed by atoms with van der Waals surface area (Å²) in [6, 6.07) is 5.79. The summed E-state index contributed by atoms with van der Waals surface area (Å²) >= 11 is 3.41. The van der Waals surface area contributed by atoms with Gasteiger partial charge in [0.1, 0.15) is 0 Å². The number of amides is 1. The van der Waals surface area contributed by atoms with E-state index in [2.05, 4.69) is 38.1 Å². The van der Waals surface area contributed by atoms with Crippen molar-refractivity contribution in [3.8, 4) is 0 Å². The molecule has 0 unspecified atom stereocenters. The van der Waals surface area contributed by atoms with Crippen LogP contribution in [0.1, 0.15) is 15.9 Å². The summed E-state index contributed by atoms with van der Waals surface area (Å²) in [4.78, 5) is 16.9. The zero-order valence-electron chi connectivity index (χ0n) is 12.2. The van der Waals surface area contributed by atoms with Gasteiger partial charge in [0.15, 0.2) is 0 Å². The first-order chi connectivity index (χ1) is 9.56. The van der Waals surface area contributed by atoms with Gasteiger partial charge in [0.25, 0.3) is 5.91 Å². The van der Waals surface area contributed by atoms with E-state index in [4.69, 9.17) is 0 Å². The standard InChI is InChI=1S/C15H22BrN3O/c1-12-3-4-13(16)11-14(12)15(20)17-5-6-19-9-7-18(2)8-10-19/h3-4,11H,5-10H2,1-2H3,(H,17,20). The van der Waals surface area contributed by atoms with Gasteiger partial charge in [-0.25, -0.2) is 0 Å². The molecule has 1 saturated heterocycles. The molecule has 1 heterocycles. The van der Waals surface area contributed by atoms with Crippen LogP contribution in [0.2, 0.25) is 0 Å². The molecule has 4 nitrogen and oxygen atoms in total. The fourth-order valence-electron chi connectivity index (χ4n) is 2.33. The molecule has 0 bridgehead atoms. The van der Waals surface area contributed by atoms with Gasteiger partial charge in [0.2, 0.25) is 0 Å². The topological polar surface area (TPSA) is 35.6 Å². The Balaban J connectivity index is 1.79. The first kappa shape index (κ1) is 15.5. The smallest absolute Gasteiger partial charge is 0.251 e. The maximum absolute atomic E-state index is 12.2. The van der Waals surface area contributed by atoms with Crippen LogP contribution in [0.4, 0.5) is 0 Å². The van der Waals surface area contributed by atoms with Crippen molar-refractivity contribution in [2.24, 2.45) is 0 Å². The van der Waals surface area contributed by atoms with Gasteiger partial charge >= 0.3 is 0 Å². The summed E-state index contributed by atoms with van der Waals surface area (Å²) in [6.45, 7) is 7.98. The number of nitrogens with zero attached hydrogens (tertiary/aromatic N) is 2. The Labute approximate surface area is 129 Å². The molecule has 0 atom stereocenters. The Morgan fingerprint density at radius 1 is 1.30 bits per heavy atom. The lowest BCUT2D eigenvalue weighted by atomic mass is 10.1. The molecule has 0 aliphatic carbocycles. The van der Waals surface area contributed by atoms with Crippen molar-refractivity contribution >= 4 is 21.8 Å². The Kier molecular flexibility index (Phi) is 5.57. The summed E-state index contributed by atoms with van der Waals surface area (Å²) in [6.07, 6.45) is 0. The van der Waals surface area contributed by atoms with Gasteiger partial charge in [0, 0.05) is 49.3 Å². The minimum absolute atomic E-state index is 0.0120. The Bertz CT molecular complexity index is 470. The maximum atomic E-state index is 12.2. The van der Waals surface area contributed by atoms with E-state index in [1.807, 2.05) is 25.1 Å². The van der Waals surface area contributed by atoms with Crippen molar-refractivity contribution in [2.75, 3.05) is 46.3 Å². The van der Waals surface area contributed by atoms with Crippen LogP contribution in [0.25, 0.3) is 0 Å². The summed E-state index contributed by atoms with van der Waals surface area (Å²) in [7, 11) is 2.15. The van der Waals surface area contributed by atoms with E-state index in [-0.39, 0.29) is 5.91 Å². The molecule has 0 spiro atoms. The third-order valence-electron chi connectivity index (χ3n) is 3.75. The Morgan fingerprint density at radius 2 is 2.00 bits per heavy atom. The van der Waals surface area contributed by atoms with Gasteiger partial charge in [-0.15, -0.1) is 0 Å². The van der Waals surface area contributed by atoms with Crippen LogP contribution in [-0.2, 0) is 0 Å². The molecule has 1 aliphatic heterocycles. The van der Waals surface area contributed by atoms with Crippen LogP contribution >= 0.6 is 15.9 Å². The van der Waals surface area contributed by atoms with E-state index < -0.39 is 0 Å². The number of carbonyl (C=O) groups excluding carboxylic acids is 1. The number of benzene rings is 1. The lowest BCUT2D eigenvalue weighted by molar-refractivity contribution is 0.0940. The molecule has 1 aromatic rings. The average molecular weight is 340 g/mol. The molecule has 0 radical (unpaired) electrons. The molecule has 2 rings (SSSR count). The summed E-state index contributed by atoms with van der Waals surface area (Å²) < 4.78 is 0.937. The van der Waals surface area contributed by atoms with Crippen LogP contribution in [0.15, 0.2) is 22.7 Å². The van der Waals surface area contributed by atoms with E-state index in [9.17, 15) is 4.79 Å². The summed E-state index contributed by atoms with van der Waals surface area (Å²) in [5, 5.41) is 3.01. The highest BCUT2D eigenvalue weighted by molar-refractivity contribution is 9.10. The highest BCUT2D eigenvalue weighted by atomic mass is 79.9. The highest BCUT2D eigenvalue weighted by Crippen LogP contribution is 2.15. The van der Waals surface area contributed by atoms with E-state index in [0.29, 0.717) is 6.54 Å². The second-order valence-electron chi connectivity index (χ2n) is 5.36. The Morgan fingerprint density at radius 3 is 2.70 bits per heavy atom. The van der Waals surface area contributed by atoms with E-state index >= 15 is 0 Å². The number of aryl methyl sites for hydroxylation is 1. The number of hydrogen-bond acceptors (Lipinski definition) is 3. The van der Waals surface area contributed by atoms with E-state index in [1.165, 1.54) is 0 Å². The van der Waals surface area contributed by atoms with Gasteiger partial charge in [-0.2, -0.15) is 0 Å². The second-order valence-corrected chi connectivity index (χ2v) is 6.28. The number of carbonyl (C=O) groups is 1. The average Bonchev–Trinajstić information content (AvgIpc) is 2.43. The van der Waals surface area contributed by atoms with Gasteiger partial charge < -0.3 is 10.2 Å². The van der Waals surface area contributed by atoms with E-state index in [0.717, 1.165) is 48.3 Å². The van der Waals surface area contributed by atoms with Crippen LogP contribution in [0.5, 0.6) is 0 Å². The summed E-state index contributed by atoms with van der Waals surface area (Å²) in [5.41, 5.74) is 1.75. The molecule has 1 aromatic carbocycles. The largest absolute Gasteiger partial charge is 0.351 e. The molecule has 1 fully saturated rings. The predicted molar refractivity (Wildman–Crippen MR) is 85.1 cm³/mol. The fourth-order valence-corrected chi connectivity index (χ4v) is 2.69. The van der Waals surface area contributed by atoms with Crippen molar-refractivity contribution in [1.82, 2.24) is 15.1 Å². The number of hydrogen-bond donors (Lipinski definition) is 1. The molecule has 5 heteroatoms. The van der Waals surface area contributed by atoms with Crippen molar-refractivity contribution in [3.05, 3.63) is 33.8 Å². The summed E-state index contributed by atoms with van der Waals surface area (Å²) in [5.74, 6) is 0.0120. The van der Waals surface area contributed by atoms with Crippen molar-refractivity contribution in [3.63, 3.8) is 0 Å². The molecular formula is C15H22BrN3O. The van der Waals surface area contributed by atoms with Crippen molar-refractivity contribution in [2.45, 2.75) is 6.92 Å². The lowest BCUT2D eigenvalue weighted by Gasteiger charge is -2.32. The third-order valence-corrected chi connectivity index (χ3v) is 4.25. The lowest BCUT2D eigenvalue weighted by Crippen LogP contribution is -2.46. The van der Waals surface area contributed by atoms with Gasteiger partial charge in [-0.1, -0.05) is 22.0 Å². The first-order valence-electron chi connectivity index (χ1n) is 7.01. The highest BCUT2D eigenvalue weighted by Gasteiger charge is 2.14. The monoisotopic (exact) mass is 339 g/mol. The number of rotatable bonds is 4. The molecule has 0 aromatic heterocycles. The first-order valence-corrected chi connectivity index (χ1v) is 7.81. The normalized spacial score (nSPS) is 17.1. The molecule has 1 N–H and O–H groups in total. The Hall–Kier alpha value is -0.910. The minimum Gasteiger partial charge on any atom is -0.351 e. The molecule has 110 valence electrons. The molecular weight excluding hydrogens is 318 g/mol. The van der Waals surface area contributed by atoms with Crippen LogP contribution in [0.3, 0.4) is 0 Å². The van der Waals surface area contributed by atoms with Crippen molar-refractivity contribution < 1.29 is 4.79 Å². The molecule has 1 aliphatic rings. The second kappa shape index (κ2) is 7.20. The fraction of sp³-hybridized carbons (Fsp3) is 0.533. The number of halogens is 1. The zero-order chi connectivity index (χ0) is 14.5. The molecule has 20 heavy (non-hydrogen) atoms. The SMILES string of the molecule is Cc1ccc(Br)cc1C(=O)NCCN1CCN(C)CC1. The quantitative estimate of drug-likeness (QED) is 0.907. The minimum atomic E-state index is 0.0120. The van der Waals surface area contributed by atoms with Gasteiger partial charge in [-0.05, 0) is 31.7 Å². The van der Waals surface area contributed by atoms with Crippen LogP contribution < -0.4 is 5.32 Å². The van der Waals surface area contributed by atoms with Crippen molar-refractivity contribution in [1.29, 1.82) is 0 Å². The van der Waals surface area contributed by atoms with E-state index in [1.54, 1.807) is 0 Å². The predicted octanol–water partition coefficient (Wildman–Crippen LogP) is 1.73.